The predicted molar refractivity (Wildman–Crippen MR) is 53.4 cm³/mol. The number of hydrogen-bond donors (Lipinski definition) is 1. The van der Waals surface area contributed by atoms with Crippen LogP contribution in [0.3, 0.4) is 0 Å². The summed E-state index contributed by atoms with van der Waals surface area (Å²) in [6.07, 6.45) is -4.46. The van der Waals surface area contributed by atoms with Gasteiger partial charge in [-0.05, 0) is 18.6 Å². The molecule has 2 nitrogen and oxygen atoms in total. The molecule has 0 aromatic heterocycles. The molecule has 1 unspecified atom stereocenters. The molecule has 0 heterocycles. The number of aliphatic hydroxyl groups excluding tert-OH is 1. The zero-order valence-electron chi connectivity index (χ0n) is 8.71. The molecule has 0 saturated heterocycles. The molecule has 0 aliphatic carbocycles. The zero-order valence-corrected chi connectivity index (χ0v) is 8.71. The highest BCUT2D eigenvalue weighted by Crippen LogP contribution is 2.22. The summed E-state index contributed by atoms with van der Waals surface area (Å²) in [6.45, 7) is 1.86. The van der Waals surface area contributed by atoms with Crippen molar-refractivity contribution in [2.45, 2.75) is 25.9 Å². The number of rotatable bonds is 4. The first-order valence-corrected chi connectivity index (χ1v) is 4.64. The zero-order chi connectivity index (χ0) is 11.4. The molecule has 0 radical (unpaired) electrons. The number of aliphatic hydroxyl groups is 1. The molecule has 0 aliphatic rings. The van der Waals surface area contributed by atoms with Crippen LogP contribution in [0.4, 0.5) is 8.78 Å². The van der Waals surface area contributed by atoms with Crippen LogP contribution in [0, 0.1) is 6.92 Å². The van der Waals surface area contributed by atoms with Crippen molar-refractivity contribution in [3.05, 3.63) is 29.3 Å². The molecule has 0 spiro atoms. The van der Waals surface area contributed by atoms with E-state index < -0.39 is 12.5 Å². The van der Waals surface area contributed by atoms with Crippen LogP contribution in [-0.4, -0.2) is 24.7 Å². The maximum absolute atomic E-state index is 12.2. The Bertz CT molecular complexity index is 326. The fraction of sp³-hybridized carbons (Fsp3) is 0.455. The van der Waals surface area contributed by atoms with Crippen LogP contribution >= 0.6 is 0 Å². The first kappa shape index (κ1) is 11.9. The van der Waals surface area contributed by atoms with Crippen molar-refractivity contribution in [3.63, 3.8) is 0 Å². The van der Waals surface area contributed by atoms with E-state index in [1.807, 2.05) is 13.0 Å². The predicted octanol–water partition coefficient (Wildman–Crippen LogP) is 2.17. The molecule has 1 aromatic carbocycles. The summed E-state index contributed by atoms with van der Waals surface area (Å²) < 4.78 is 29.3. The van der Waals surface area contributed by atoms with Crippen molar-refractivity contribution in [3.8, 4) is 5.75 Å². The summed E-state index contributed by atoms with van der Waals surface area (Å²) in [4.78, 5) is 0. The molecule has 84 valence electrons. The van der Waals surface area contributed by atoms with Gasteiger partial charge in [-0.2, -0.15) is 0 Å². The second-order valence-corrected chi connectivity index (χ2v) is 3.42. The van der Waals surface area contributed by atoms with Gasteiger partial charge < -0.3 is 9.84 Å². The van der Waals surface area contributed by atoms with Gasteiger partial charge in [-0.1, -0.05) is 17.7 Å². The van der Waals surface area contributed by atoms with Crippen LogP contribution in [0.25, 0.3) is 0 Å². The molecule has 0 bridgehead atoms. The molecule has 1 atom stereocenters. The lowest BCUT2D eigenvalue weighted by atomic mass is 10.0. The van der Waals surface area contributed by atoms with Crippen molar-refractivity contribution in [1.82, 2.24) is 0 Å². The summed E-state index contributed by atoms with van der Waals surface area (Å²) in [5.41, 5.74) is 1.55. The molecule has 0 amide bonds. The third kappa shape index (κ3) is 3.16. The topological polar surface area (TPSA) is 29.5 Å². The highest BCUT2D eigenvalue weighted by Gasteiger charge is 2.19. The molecule has 0 fully saturated rings. The fourth-order valence-electron chi connectivity index (χ4n) is 1.38. The fourth-order valence-corrected chi connectivity index (χ4v) is 1.38. The van der Waals surface area contributed by atoms with Gasteiger partial charge in [0.15, 0.2) is 0 Å². The molecule has 1 aromatic rings. The maximum atomic E-state index is 12.2. The first-order chi connectivity index (χ1) is 7.04. The van der Waals surface area contributed by atoms with Gasteiger partial charge in [0.1, 0.15) is 11.9 Å². The van der Waals surface area contributed by atoms with Crippen molar-refractivity contribution in [2.75, 3.05) is 7.11 Å². The average molecular weight is 216 g/mol. The number of hydrogen-bond acceptors (Lipinski definition) is 2. The summed E-state index contributed by atoms with van der Waals surface area (Å²) >= 11 is 0. The highest BCUT2D eigenvalue weighted by atomic mass is 19.3. The van der Waals surface area contributed by atoms with Crippen LogP contribution < -0.4 is 4.74 Å². The van der Waals surface area contributed by atoms with E-state index in [-0.39, 0.29) is 6.42 Å². The van der Waals surface area contributed by atoms with Gasteiger partial charge in [0, 0.05) is 6.42 Å². The lowest BCUT2D eigenvalue weighted by Gasteiger charge is -2.13. The Morgan fingerprint density at radius 3 is 2.60 bits per heavy atom. The summed E-state index contributed by atoms with van der Waals surface area (Å²) in [7, 11) is 1.48. The second kappa shape index (κ2) is 5.07. The molecular formula is C11H14F2O2. The molecule has 1 N–H and O–H groups in total. The molecule has 0 saturated carbocycles. The van der Waals surface area contributed by atoms with E-state index in [0.717, 1.165) is 5.56 Å². The highest BCUT2D eigenvalue weighted by molar-refractivity contribution is 5.37. The number of alkyl halides is 2. The van der Waals surface area contributed by atoms with Crippen LogP contribution in [0.1, 0.15) is 11.1 Å². The number of ether oxygens (including phenoxy) is 1. The minimum Gasteiger partial charge on any atom is -0.496 e. The van der Waals surface area contributed by atoms with E-state index in [2.05, 4.69) is 0 Å². The third-order valence-corrected chi connectivity index (χ3v) is 2.16. The number of halogens is 2. The van der Waals surface area contributed by atoms with Crippen molar-refractivity contribution < 1.29 is 18.6 Å². The van der Waals surface area contributed by atoms with Gasteiger partial charge in [-0.15, -0.1) is 0 Å². The van der Waals surface area contributed by atoms with Crippen LogP contribution in [-0.2, 0) is 6.42 Å². The van der Waals surface area contributed by atoms with Gasteiger partial charge in [0.05, 0.1) is 7.11 Å². The number of benzene rings is 1. The van der Waals surface area contributed by atoms with Crippen molar-refractivity contribution >= 4 is 0 Å². The SMILES string of the molecule is COc1ccc(C)cc1CC(O)C(F)F. The summed E-state index contributed by atoms with van der Waals surface area (Å²) in [6, 6.07) is 5.28. The maximum Gasteiger partial charge on any atom is 0.264 e. The Kier molecular flexibility index (Phi) is 4.03. The van der Waals surface area contributed by atoms with E-state index in [0.29, 0.717) is 11.3 Å². The summed E-state index contributed by atoms with van der Waals surface area (Å²) in [5, 5.41) is 9.09. The minimum absolute atomic E-state index is 0.0947. The third-order valence-electron chi connectivity index (χ3n) is 2.16. The van der Waals surface area contributed by atoms with Crippen LogP contribution in [0.2, 0.25) is 0 Å². The molecule has 0 aliphatic heterocycles. The largest absolute Gasteiger partial charge is 0.496 e. The van der Waals surface area contributed by atoms with Gasteiger partial charge >= 0.3 is 0 Å². The van der Waals surface area contributed by atoms with E-state index in [1.165, 1.54) is 7.11 Å². The second-order valence-electron chi connectivity index (χ2n) is 3.42. The Labute approximate surface area is 87.5 Å². The lowest BCUT2D eigenvalue weighted by molar-refractivity contribution is -0.00390. The monoisotopic (exact) mass is 216 g/mol. The van der Waals surface area contributed by atoms with Gasteiger partial charge in [-0.3, -0.25) is 0 Å². The average Bonchev–Trinajstić information content (AvgIpc) is 2.18. The van der Waals surface area contributed by atoms with Crippen molar-refractivity contribution in [2.24, 2.45) is 0 Å². The molecular weight excluding hydrogens is 202 g/mol. The Morgan fingerprint density at radius 1 is 1.40 bits per heavy atom. The summed E-state index contributed by atoms with van der Waals surface area (Å²) in [5.74, 6) is 0.528. The number of methoxy groups -OCH3 is 1. The van der Waals surface area contributed by atoms with Crippen molar-refractivity contribution in [1.29, 1.82) is 0 Å². The number of aryl methyl sites for hydroxylation is 1. The van der Waals surface area contributed by atoms with E-state index >= 15 is 0 Å². The minimum atomic E-state index is -2.73. The standard InChI is InChI=1S/C11H14F2O2/c1-7-3-4-10(15-2)8(5-7)6-9(14)11(12)13/h3-5,9,11,14H,6H2,1-2H3. The van der Waals surface area contributed by atoms with E-state index in [1.54, 1.807) is 12.1 Å². The normalized spacial score (nSPS) is 12.9. The van der Waals surface area contributed by atoms with Gasteiger partial charge in [-0.25, -0.2) is 8.78 Å². The lowest BCUT2D eigenvalue weighted by Crippen LogP contribution is -2.20. The molecule has 15 heavy (non-hydrogen) atoms. The van der Waals surface area contributed by atoms with E-state index in [9.17, 15) is 8.78 Å². The Balaban J connectivity index is 2.87. The van der Waals surface area contributed by atoms with Crippen LogP contribution in [0.15, 0.2) is 18.2 Å². The Morgan fingerprint density at radius 2 is 2.07 bits per heavy atom. The van der Waals surface area contributed by atoms with Crippen LogP contribution in [0.5, 0.6) is 5.75 Å². The van der Waals surface area contributed by atoms with E-state index in [4.69, 9.17) is 9.84 Å². The molecule has 4 heteroatoms. The van der Waals surface area contributed by atoms with Gasteiger partial charge in [0.25, 0.3) is 6.43 Å². The first-order valence-electron chi connectivity index (χ1n) is 4.64. The smallest absolute Gasteiger partial charge is 0.264 e. The van der Waals surface area contributed by atoms with Gasteiger partial charge in [0.2, 0.25) is 0 Å². The Hall–Kier alpha value is -1.16. The quantitative estimate of drug-likeness (QED) is 0.835. The molecule has 1 rings (SSSR count).